The summed E-state index contributed by atoms with van der Waals surface area (Å²) in [5.41, 5.74) is -3.94. The maximum absolute atomic E-state index is 12.5. The van der Waals surface area contributed by atoms with Crippen LogP contribution in [0.25, 0.3) is 0 Å². The second-order valence-electron chi connectivity index (χ2n) is 6.59. The maximum atomic E-state index is 12.5. The maximum Gasteiger partial charge on any atom is 0.419 e. The normalized spacial score (nSPS) is 10.1. The quantitative estimate of drug-likeness (QED) is 0.255. The average Bonchev–Trinajstić information content (AvgIpc) is 2.83. The lowest BCUT2D eigenvalue weighted by Gasteiger charge is -2.18. The Balaban J connectivity index is 2.24. The number of nitro benzene ring substituents is 4. The summed E-state index contributed by atoms with van der Waals surface area (Å²) >= 11 is 0. The van der Waals surface area contributed by atoms with Gasteiger partial charge >= 0.3 is 12.2 Å². The highest BCUT2D eigenvalue weighted by atomic mass is 16.6. The van der Waals surface area contributed by atoms with Crippen LogP contribution >= 0.6 is 0 Å². The van der Waals surface area contributed by atoms with Gasteiger partial charge in [0.1, 0.15) is 24.3 Å². The Morgan fingerprint density at radius 2 is 1.03 bits per heavy atom. The Hall–Kier alpha value is -5.48. The molecular formula is C19H15N5O12. The van der Waals surface area contributed by atoms with Crippen LogP contribution in [0, 0.1) is 40.5 Å². The summed E-state index contributed by atoms with van der Waals surface area (Å²) in [6.45, 7) is 0.866. The number of amides is 2. The number of carbonyl (C=O) groups excluding carboxylic acids is 2. The van der Waals surface area contributed by atoms with Crippen molar-refractivity contribution < 1.29 is 38.8 Å². The fourth-order valence-corrected chi connectivity index (χ4v) is 2.88. The molecule has 0 fully saturated rings. The molecule has 0 spiro atoms. The lowest BCUT2D eigenvalue weighted by Crippen LogP contribution is -2.37. The number of hydrogen-bond acceptors (Lipinski definition) is 12. The highest BCUT2D eigenvalue weighted by Crippen LogP contribution is 2.30. The molecule has 0 unspecified atom stereocenters. The van der Waals surface area contributed by atoms with Crippen molar-refractivity contribution in [2.75, 3.05) is 6.54 Å². The zero-order valence-corrected chi connectivity index (χ0v) is 18.0. The van der Waals surface area contributed by atoms with Gasteiger partial charge in [-0.1, -0.05) is 6.08 Å². The molecule has 0 radical (unpaired) electrons. The molecule has 2 amide bonds. The Morgan fingerprint density at radius 1 is 0.722 bits per heavy atom. The monoisotopic (exact) mass is 505 g/mol. The van der Waals surface area contributed by atoms with E-state index < -0.39 is 85.5 Å². The number of rotatable bonds is 10. The van der Waals surface area contributed by atoms with Crippen LogP contribution in [0.4, 0.5) is 32.3 Å². The fourth-order valence-electron chi connectivity index (χ4n) is 2.88. The minimum Gasteiger partial charge on any atom is -0.444 e. The Morgan fingerprint density at radius 3 is 1.28 bits per heavy atom. The molecule has 0 saturated carbocycles. The first kappa shape index (κ1) is 26.8. The Labute approximate surface area is 199 Å². The Bertz CT molecular complexity index is 1110. The van der Waals surface area contributed by atoms with Crippen LogP contribution in [0.2, 0.25) is 0 Å². The smallest absolute Gasteiger partial charge is 0.419 e. The van der Waals surface area contributed by atoms with Crippen LogP contribution in [-0.2, 0) is 22.7 Å². The van der Waals surface area contributed by atoms with E-state index in [1.54, 1.807) is 0 Å². The van der Waals surface area contributed by atoms with Crippen LogP contribution in [0.1, 0.15) is 11.1 Å². The second-order valence-corrected chi connectivity index (χ2v) is 6.59. The summed E-state index contributed by atoms with van der Waals surface area (Å²) in [6.07, 6.45) is -1.85. The molecule has 17 nitrogen and oxygen atoms in total. The first-order chi connectivity index (χ1) is 17.0. The van der Waals surface area contributed by atoms with Gasteiger partial charge in [-0.3, -0.25) is 40.5 Å². The molecule has 0 heterocycles. The standard InChI is InChI=1S/C19H15N5O12/c1-2-9-20(18(25)35-10-12-14(21(27)28)5-3-6-15(12)22(29)30)19(26)36-11-13-16(23(31)32)7-4-8-17(13)24(33)34/h2-8H,1,9-11H2. The SMILES string of the molecule is C=CCN(C(=O)OCc1c([N+](=O)[O-])cccc1[N+](=O)[O-])C(=O)OCc1c([N+](=O)[O-])cccc1[N+](=O)[O-]. The van der Waals surface area contributed by atoms with Crippen molar-refractivity contribution in [2.45, 2.75) is 13.2 Å². The van der Waals surface area contributed by atoms with Crippen LogP contribution in [0.3, 0.4) is 0 Å². The Kier molecular flexibility index (Phi) is 8.62. The van der Waals surface area contributed by atoms with E-state index in [2.05, 4.69) is 6.58 Å². The molecule has 2 rings (SSSR count). The van der Waals surface area contributed by atoms with Crippen LogP contribution in [0.15, 0.2) is 49.1 Å². The van der Waals surface area contributed by atoms with Gasteiger partial charge in [-0.05, 0) is 12.1 Å². The van der Waals surface area contributed by atoms with Crippen LogP contribution < -0.4 is 0 Å². The predicted molar refractivity (Wildman–Crippen MR) is 117 cm³/mol. The van der Waals surface area contributed by atoms with Crippen molar-refractivity contribution >= 4 is 34.9 Å². The van der Waals surface area contributed by atoms with Gasteiger partial charge in [-0.2, -0.15) is 0 Å². The summed E-state index contributed by atoms with van der Waals surface area (Å²) in [6, 6.07) is 5.92. The van der Waals surface area contributed by atoms with E-state index in [1.807, 2.05) is 0 Å². The molecular weight excluding hydrogens is 490 g/mol. The van der Waals surface area contributed by atoms with E-state index in [9.17, 15) is 50.0 Å². The molecule has 0 atom stereocenters. The number of nitro groups is 4. The van der Waals surface area contributed by atoms with E-state index >= 15 is 0 Å². The molecule has 36 heavy (non-hydrogen) atoms. The molecule has 0 aliphatic heterocycles. The van der Waals surface area contributed by atoms with Gasteiger partial charge in [0.15, 0.2) is 0 Å². The summed E-state index contributed by atoms with van der Waals surface area (Å²) < 4.78 is 9.67. The van der Waals surface area contributed by atoms with Gasteiger partial charge in [0.25, 0.3) is 22.7 Å². The largest absolute Gasteiger partial charge is 0.444 e. The van der Waals surface area contributed by atoms with Gasteiger partial charge in [0.05, 0.1) is 26.2 Å². The molecule has 0 aliphatic carbocycles. The summed E-state index contributed by atoms with van der Waals surface area (Å²) in [5.74, 6) is 0. The fraction of sp³-hybridized carbons (Fsp3) is 0.158. The summed E-state index contributed by atoms with van der Waals surface area (Å²) in [4.78, 5) is 66.3. The predicted octanol–water partition coefficient (Wildman–Crippen LogP) is 3.78. The number of ether oxygens (including phenoxy) is 2. The van der Waals surface area contributed by atoms with E-state index in [0.717, 1.165) is 42.5 Å². The van der Waals surface area contributed by atoms with E-state index in [1.165, 1.54) is 0 Å². The third kappa shape index (κ3) is 6.10. The van der Waals surface area contributed by atoms with E-state index in [0.29, 0.717) is 0 Å². The zero-order valence-electron chi connectivity index (χ0n) is 18.0. The van der Waals surface area contributed by atoms with Crippen molar-refractivity contribution in [3.8, 4) is 0 Å². The van der Waals surface area contributed by atoms with Crippen molar-refractivity contribution in [3.63, 3.8) is 0 Å². The highest BCUT2D eigenvalue weighted by molar-refractivity contribution is 5.88. The number of imide groups is 1. The first-order valence-corrected chi connectivity index (χ1v) is 9.52. The molecule has 17 heteroatoms. The highest BCUT2D eigenvalue weighted by Gasteiger charge is 2.31. The molecule has 0 saturated heterocycles. The number of nitrogens with zero attached hydrogens (tertiary/aromatic N) is 5. The number of benzene rings is 2. The topological polar surface area (TPSA) is 228 Å². The van der Waals surface area contributed by atoms with Gasteiger partial charge < -0.3 is 9.47 Å². The van der Waals surface area contributed by atoms with Gasteiger partial charge in [-0.25, -0.2) is 14.5 Å². The second kappa shape index (κ2) is 11.6. The van der Waals surface area contributed by atoms with Gasteiger partial charge in [-0.15, -0.1) is 6.58 Å². The molecule has 2 aromatic carbocycles. The lowest BCUT2D eigenvalue weighted by atomic mass is 10.1. The molecule has 0 aromatic heterocycles. The van der Waals surface area contributed by atoms with Crippen LogP contribution in [0.5, 0.6) is 0 Å². The van der Waals surface area contributed by atoms with Crippen molar-refractivity contribution in [3.05, 3.63) is 101 Å². The first-order valence-electron chi connectivity index (χ1n) is 9.52. The molecule has 188 valence electrons. The summed E-state index contributed by atoms with van der Waals surface area (Å²) in [5, 5.41) is 44.8. The molecule has 0 bridgehead atoms. The number of carbonyl (C=O) groups is 2. The van der Waals surface area contributed by atoms with Crippen molar-refractivity contribution in [1.82, 2.24) is 4.90 Å². The average molecular weight is 505 g/mol. The van der Waals surface area contributed by atoms with Gasteiger partial charge in [0, 0.05) is 24.3 Å². The van der Waals surface area contributed by atoms with Crippen molar-refractivity contribution in [2.24, 2.45) is 0 Å². The summed E-state index contributed by atoms with van der Waals surface area (Å²) in [7, 11) is 0. The van der Waals surface area contributed by atoms with E-state index in [4.69, 9.17) is 9.47 Å². The molecule has 2 aromatic rings. The lowest BCUT2D eigenvalue weighted by molar-refractivity contribution is -0.396. The van der Waals surface area contributed by atoms with Crippen molar-refractivity contribution in [1.29, 1.82) is 0 Å². The third-order valence-electron chi connectivity index (χ3n) is 4.47. The minimum atomic E-state index is -1.45. The third-order valence-corrected chi connectivity index (χ3v) is 4.47. The molecule has 0 N–H and O–H groups in total. The number of hydrogen-bond donors (Lipinski definition) is 0. The zero-order chi connectivity index (χ0) is 27.0. The molecule has 0 aliphatic rings. The minimum absolute atomic E-state index is 0.286. The van der Waals surface area contributed by atoms with Crippen LogP contribution in [-0.4, -0.2) is 43.3 Å². The van der Waals surface area contributed by atoms with Gasteiger partial charge in [0.2, 0.25) is 0 Å². The van der Waals surface area contributed by atoms with E-state index in [-0.39, 0.29) is 4.90 Å².